The fraction of sp³-hybridized carbons (Fsp3) is 1.00. The molecule has 148 valence electrons. The Balaban J connectivity index is 0. The lowest BCUT2D eigenvalue weighted by molar-refractivity contribution is -0.921. The van der Waals surface area contributed by atoms with Crippen LogP contribution in [0.5, 0.6) is 0 Å². The van der Waals surface area contributed by atoms with Gasteiger partial charge in [0.2, 0.25) is 0 Å². The summed E-state index contributed by atoms with van der Waals surface area (Å²) in [6, 6.07) is 0. The Kier molecular flexibility index (Phi) is 16.3. The summed E-state index contributed by atoms with van der Waals surface area (Å²) in [5, 5.41) is 0. The minimum atomic E-state index is -4.45. The molecule has 0 aliphatic heterocycles. The molecule has 24 heavy (non-hydrogen) atoms. The smallest absolute Gasteiger partial charge is 0.113 e. The summed E-state index contributed by atoms with van der Waals surface area (Å²) in [4.78, 5) is 0. The second kappa shape index (κ2) is 15.0. The molecule has 0 fully saturated rings. The third-order valence-corrected chi connectivity index (χ3v) is 5.49. The maximum absolute atomic E-state index is 12.8. The molecule has 1 atom stereocenters. The van der Waals surface area contributed by atoms with E-state index in [9.17, 15) is 21.8 Å². The number of alkyl halides is 2. The molecule has 0 aromatic heterocycles. The first-order valence-corrected chi connectivity index (χ1v) is 10.8. The Morgan fingerprint density at radius 1 is 0.875 bits per heavy atom. The summed E-state index contributed by atoms with van der Waals surface area (Å²) < 4.78 is 56.3. The molecule has 0 radical (unpaired) electrons. The van der Waals surface area contributed by atoms with Crippen LogP contribution in [0.25, 0.3) is 0 Å². The lowest BCUT2D eigenvalue weighted by atomic mass is 10.1. The van der Waals surface area contributed by atoms with Gasteiger partial charge in [0.15, 0.2) is 0 Å². The standard InChI is InChI=1S/C9H18F2O3S.C8H20N/c10-7-5-3-1-2-4-6-9(11)8-15(12,13)14;1-5-9(6-2,7-3)8-4/h9H,1-8H2,(H,12,13,14);5-8H2,1-4H3/q;+1/p-1. The van der Waals surface area contributed by atoms with Gasteiger partial charge in [0.1, 0.15) is 6.17 Å². The lowest BCUT2D eigenvalue weighted by Crippen LogP contribution is -2.47. The van der Waals surface area contributed by atoms with Crippen molar-refractivity contribution in [1.82, 2.24) is 0 Å². The molecule has 0 aliphatic carbocycles. The van der Waals surface area contributed by atoms with Gasteiger partial charge < -0.3 is 9.04 Å². The molecule has 0 aromatic rings. The molecule has 0 aliphatic rings. The van der Waals surface area contributed by atoms with Crippen molar-refractivity contribution in [2.45, 2.75) is 72.4 Å². The number of halogens is 2. The predicted molar refractivity (Wildman–Crippen MR) is 95.6 cm³/mol. The second-order valence-electron chi connectivity index (χ2n) is 6.17. The molecule has 1 unspecified atom stereocenters. The van der Waals surface area contributed by atoms with Crippen LogP contribution in [-0.4, -0.2) is 62.2 Å². The van der Waals surface area contributed by atoms with Crippen molar-refractivity contribution in [1.29, 1.82) is 0 Å². The Morgan fingerprint density at radius 2 is 1.29 bits per heavy atom. The van der Waals surface area contributed by atoms with Crippen LogP contribution in [0.1, 0.15) is 66.2 Å². The van der Waals surface area contributed by atoms with E-state index in [0.29, 0.717) is 12.8 Å². The Bertz CT molecular complexity index is 357. The minimum Gasteiger partial charge on any atom is -0.748 e. The van der Waals surface area contributed by atoms with Crippen molar-refractivity contribution in [3.05, 3.63) is 0 Å². The van der Waals surface area contributed by atoms with Crippen LogP contribution < -0.4 is 0 Å². The van der Waals surface area contributed by atoms with Crippen LogP contribution in [0.15, 0.2) is 0 Å². The number of rotatable bonds is 13. The Morgan fingerprint density at radius 3 is 1.62 bits per heavy atom. The quantitative estimate of drug-likeness (QED) is 0.278. The topological polar surface area (TPSA) is 57.2 Å². The van der Waals surface area contributed by atoms with Crippen molar-refractivity contribution in [3.63, 3.8) is 0 Å². The Hall–Kier alpha value is -0.270. The number of hydrogen-bond acceptors (Lipinski definition) is 3. The normalized spacial score (nSPS) is 13.3. The van der Waals surface area contributed by atoms with Gasteiger partial charge in [-0.25, -0.2) is 12.8 Å². The molecular weight excluding hydrogens is 336 g/mol. The molecule has 4 nitrogen and oxygen atoms in total. The zero-order valence-corrected chi connectivity index (χ0v) is 16.7. The highest BCUT2D eigenvalue weighted by atomic mass is 32.2. The monoisotopic (exact) mass is 373 g/mol. The number of unbranched alkanes of at least 4 members (excludes halogenated alkanes) is 4. The van der Waals surface area contributed by atoms with Gasteiger partial charge in [-0.15, -0.1) is 0 Å². The fourth-order valence-corrected chi connectivity index (χ4v) is 3.25. The fourth-order valence-electron chi connectivity index (χ4n) is 2.64. The molecule has 7 heteroatoms. The van der Waals surface area contributed by atoms with Crippen LogP contribution in [0.2, 0.25) is 0 Å². The van der Waals surface area contributed by atoms with Gasteiger partial charge in [0, 0.05) is 0 Å². The highest BCUT2D eigenvalue weighted by Crippen LogP contribution is 2.10. The zero-order chi connectivity index (χ0) is 19.1. The van der Waals surface area contributed by atoms with E-state index in [1.165, 1.54) is 30.7 Å². The molecule has 0 amide bonds. The van der Waals surface area contributed by atoms with Crippen molar-refractivity contribution < 1.29 is 26.2 Å². The van der Waals surface area contributed by atoms with E-state index in [4.69, 9.17) is 0 Å². The number of hydrogen-bond donors (Lipinski definition) is 0. The van der Waals surface area contributed by atoms with Gasteiger partial charge in [-0.05, 0) is 40.5 Å². The highest BCUT2D eigenvalue weighted by molar-refractivity contribution is 7.85. The third-order valence-electron chi connectivity index (χ3n) is 4.72. The van der Waals surface area contributed by atoms with Crippen LogP contribution in [0.3, 0.4) is 0 Å². The van der Waals surface area contributed by atoms with E-state index >= 15 is 0 Å². The van der Waals surface area contributed by atoms with Gasteiger partial charge in [0.05, 0.1) is 48.7 Å². The molecule has 0 heterocycles. The van der Waals surface area contributed by atoms with Crippen LogP contribution >= 0.6 is 0 Å². The molecular formula is C17H37F2NO3S. The van der Waals surface area contributed by atoms with Gasteiger partial charge in [-0.2, -0.15) is 0 Å². The maximum Gasteiger partial charge on any atom is 0.113 e. The summed E-state index contributed by atoms with van der Waals surface area (Å²) in [5.74, 6) is -0.933. The van der Waals surface area contributed by atoms with Crippen LogP contribution in [0, 0.1) is 0 Å². The number of nitrogens with zero attached hydrogens (tertiary/aromatic N) is 1. The highest BCUT2D eigenvalue weighted by Gasteiger charge is 2.16. The van der Waals surface area contributed by atoms with Crippen molar-refractivity contribution >= 4 is 10.1 Å². The van der Waals surface area contributed by atoms with Gasteiger partial charge >= 0.3 is 0 Å². The lowest BCUT2D eigenvalue weighted by Gasteiger charge is -2.34. The Labute approximate surface area is 148 Å². The molecule has 0 saturated heterocycles. The average Bonchev–Trinajstić information content (AvgIpc) is 2.52. The molecule has 0 aromatic carbocycles. The summed E-state index contributed by atoms with van der Waals surface area (Å²) in [6.07, 6.45) is 1.94. The van der Waals surface area contributed by atoms with E-state index in [0.717, 1.165) is 19.3 Å². The molecule has 0 spiro atoms. The van der Waals surface area contributed by atoms with E-state index in [2.05, 4.69) is 27.7 Å². The first kappa shape index (κ1) is 26.0. The summed E-state index contributed by atoms with van der Waals surface area (Å²) in [7, 11) is -4.45. The SMILES string of the molecule is CC[N+](CC)(CC)CC.O=S(=O)([O-])CC(F)CCCCCCCF. The largest absolute Gasteiger partial charge is 0.748 e. The zero-order valence-electron chi connectivity index (χ0n) is 15.9. The maximum atomic E-state index is 12.8. The van der Waals surface area contributed by atoms with Crippen LogP contribution in [-0.2, 0) is 10.1 Å². The predicted octanol–water partition coefficient (Wildman–Crippen LogP) is 4.06. The van der Waals surface area contributed by atoms with Crippen molar-refractivity contribution in [3.8, 4) is 0 Å². The van der Waals surface area contributed by atoms with E-state index in [1.54, 1.807) is 0 Å². The van der Waals surface area contributed by atoms with Gasteiger partial charge in [-0.1, -0.05) is 25.7 Å². The summed E-state index contributed by atoms with van der Waals surface area (Å²) >= 11 is 0. The molecule has 0 rings (SSSR count). The minimum absolute atomic E-state index is 0.0943. The van der Waals surface area contributed by atoms with Gasteiger partial charge in [-0.3, -0.25) is 4.39 Å². The van der Waals surface area contributed by atoms with Crippen LogP contribution in [0.4, 0.5) is 8.78 Å². The van der Waals surface area contributed by atoms with E-state index in [1.807, 2.05) is 0 Å². The first-order valence-electron chi connectivity index (χ1n) is 9.18. The summed E-state index contributed by atoms with van der Waals surface area (Å²) in [6.45, 7) is 13.9. The molecule has 0 bridgehead atoms. The molecule has 0 saturated carbocycles. The van der Waals surface area contributed by atoms with Crippen molar-refractivity contribution in [2.24, 2.45) is 0 Å². The van der Waals surface area contributed by atoms with Crippen molar-refractivity contribution in [2.75, 3.05) is 38.6 Å². The van der Waals surface area contributed by atoms with E-state index in [-0.39, 0.29) is 13.1 Å². The number of quaternary nitrogens is 1. The van der Waals surface area contributed by atoms with Gasteiger partial charge in [0.25, 0.3) is 0 Å². The van der Waals surface area contributed by atoms with E-state index < -0.39 is 22.0 Å². The molecule has 0 N–H and O–H groups in total. The third kappa shape index (κ3) is 15.3. The second-order valence-corrected chi connectivity index (χ2v) is 7.62. The summed E-state index contributed by atoms with van der Waals surface area (Å²) in [5.41, 5.74) is 0. The first-order chi connectivity index (χ1) is 11.2. The average molecular weight is 374 g/mol.